The molecule has 0 spiro atoms. The molecule has 1 aromatic carbocycles. The Balaban J connectivity index is 1.87. The van der Waals surface area contributed by atoms with Crippen LogP contribution in [0.4, 0.5) is 0 Å². The van der Waals surface area contributed by atoms with Gasteiger partial charge in [0.15, 0.2) is 0 Å². The van der Waals surface area contributed by atoms with Crippen LogP contribution in [-0.4, -0.2) is 29.5 Å². The van der Waals surface area contributed by atoms with E-state index in [9.17, 15) is 5.11 Å². The summed E-state index contributed by atoms with van der Waals surface area (Å²) in [5, 5.41) is 9.99. The molecule has 1 heterocycles. The third kappa shape index (κ3) is 3.92. The summed E-state index contributed by atoms with van der Waals surface area (Å²) in [5.41, 5.74) is 1.16. The molecule has 1 aliphatic heterocycles. The van der Waals surface area contributed by atoms with E-state index in [2.05, 4.69) is 25.6 Å². The van der Waals surface area contributed by atoms with Crippen molar-refractivity contribution in [1.82, 2.24) is 0 Å². The van der Waals surface area contributed by atoms with Crippen LogP contribution in [0.2, 0.25) is 0 Å². The molecule has 1 fully saturated rings. The number of hydrogen-bond acceptors (Lipinski definition) is 3. The molecular weight excluding hydrogens is 252 g/mol. The molecule has 3 heteroatoms. The van der Waals surface area contributed by atoms with Gasteiger partial charge in [-0.1, -0.05) is 43.3 Å². The van der Waals surface area contributed by atoms with Crippen LogP contribution in [0.25, 0.3) is 0 Å². The number of rotatable bonds is 7. The number of aliphatic hydroxyl groups is 1. The second-order valence-corrected chi connectivity index (χ2v) is 5.28. The van der Waals surface area contributed by atoms with Gasteiger partial charge < -0.3 is 14.6 Å². The summed E-state index contributed by atoms with van der Waals surface area (Å²) in [7, 11) is 0. The standard InChI is InChI=1S/C17H24O3/c1-3-8-16-14(18)11-17(20-16)15(4-2)19-12-13-9-6-5-7-10-13/h3,5-7,9-10,14-18H,1,4,8,11-12H2,2H3/t14-,15-,16+,17-/m1/s1. The van der Waals surface area contributed by atoms with E-state index in [1.165, 1.54) is 0 Å². The monoisotopic (exact) mass is 276 g/mol. The van der Waals surface area contributed by atoms with Crippen molar-refractivity contribution in [2.75, 3.05) is 0 Å². The molecule has 1 N–H and O–H groups in total. The first-order valence-electron chi connectivity index (χ1n) is 7.34. The summed E-state index contributed by atoms with van der Waals surface area (Å²) in [6, 6.07) is 10.1. The zero-order chi connectivity index (χ0) is 14.4. The summed E-state index contributed by atoms with van der Waals surface area (Å²) >= 11 is 0. The van der Waals surface area contributed by atoms with Gasteiger partial charge in [-0.25, -0.2) is 0 Å². The van der Waals surface area contributed by atoms with Crippen LogP contribution in [0.15, 0.2) is 43.0 Å². The topological polar surface area (TPSA) is 38.7 Å². The molecular formula is C17H24O3. The second kappa shape index (κ2) is 7.58. The third-order valence-corrected chi connectivity index (χ3v) is 3.78. The van der Waals surface area contributed by atoms with Gasteiger partial charge >= 0.3 is 0 Å². The van der Waals surface area contributed by atoms with Crippen LogP contribution >= 0.6 is 0 Å². The van der Waals surface area contributed by atoms with Crippen molar-refractivity contribution in [3.63, 3.8) is 0 Å². The molecule has 1 saturated heterocycles. The quantitative estimate of drug-likeness (QED) is 0.778. The molecule has 2 rings (SSSR count). The van der Waals surface area contributed by atoms with E-state index >= 15 is 0 Å². The summed E-state index contributed by atoms with van der Waals surface area (Å²) in [4.78, 5) is 0. The first-order valence-corrected chi connectivity index (χ1v) is 7.34. The molecule has 0 aliphatic carbocycles. The predicted octanol–water partition coefficient (Wildman–Crippen LogP) is 3.08. The molecule has 20 heavy (non-hydrogen) atoms. The minimum Gasteiger partial charge on any atom is -0.390 e. The molecule has 0 unspecified atom stereocenters. The fraction of sp³-hybridized carbons (Fsp3) is 0.529. The Hall–Kier alpha value is -1.16. The van der Waals surface area contributed by atoms with Crippen molar-refractivity contribution in [1.29, 1.82) is 0 Å². The Labute approximate surface area is 121 Å². The largest absolute Gasteiger partial charge is 0.390 e. The molecule has 4 atom stereocenters. The van der Waals surface area contributed by atoms with Crippen LogP contribution in [-0.2, 0) is 16.1 Å². The van der Waals surface area contributed by atoms with Gasteiger partial charge in [0.25, 0.3) is 0 Å². The van der Waals surface area contributed by atoms with E-state index < -0.39 is 6.10 Å². The van der Waals surface area contributed by atoms with E-state index in [4.69, 9.17) is 9.47 Å². The second-order valence-electron chi connectivity index (χ2n) is 5.28. The number of benzene rings is 1. The van der Waals surface area contributed by atoms with Gasteiger partial charge in [0.1, 0.15) is 0 Å². The zero-order valence-electron chi connectivity index (χ0n) is 12.1. The summed E-state index contributed by atoms with van der Waals surface area (Å²) in [6.45, 7) is 6.38. The van der Waals surface area contributed by atoms with Gasteiger partial charge in [-0.15, -0.1) is 6.58 Å². The highest BCUT2D eigenvalue weighted by molar-refractivity contribution is 5.13. The zero-order valence-corrected chi connectivity index (χ0v) is 12.1. The van der Waals surface area contributed by atoms with E-state index in [-0.39, 0.29) is 18.3 Å². The molecule has 110 valence electrons. The number of ether oxygens (including phenoxy) is 2. The molecule has 0 saturated carbocycles. The maximum atomic E-state index is 9.99. The van der Waals surface area contributed by atoms with E-state index in [1.54, 1.807) is 6.08 Å². The Bertz CT molecular complexity index is 404. The summed E-state index contributed by atoms with van der Waals surface area (Å²) in [6.07, 6.45) is 3.47. The van der Waals surface area contributed by atoms with Gasteiger partial charge in [-0.05, 0) is 18.4 Å². The lowest BCUT2D eigenvalue weighted by atomic mass is 10.0. The minimum atomic E-state index is -0.410. The Kier molecular flexibility index (Phi) is 5.77. The van der Waals surface area contributed by atoms with Crippen molar-refractivity contribution >= 4 is 0 Å². The van der Waals surface area contributed by atoms with Crippen LogP contribution in [0.5, 0.6) is 0 Å². The summed E-state index contributed by atoms with van der Waals surface area (Å²) in [5.74, 6) is 0. The van der Waals surface area contributed by atoms with Crippen LogP contribution in [0.1, 0.15) is 31.7 Å². The van der Waals surface area contributed by atoms with Crippen LogP contribution < -0.4 is 0 Å². The maximum Gasteiger partial charge on any atom is 0.0874 e. The van der Waals surface area contributed by atoms with Gasteiger partial charge in [0.05, 0.1) is 31.0 Å². The highest BCUT2D eigenvalue weighted by Gasteiger charge is 2.37. The van der Waals surface area contributed by atoms with Crippen LogP contribution in [0.3, 0.4) is 0 Å². The third-order valence-electron chi connectivity index (χ3n) is 3.78. The van der Waals surface area contributed by atoms with Crippen molar-refractivity contribution < 1.29 is 14.6 Å². The molecule has 1 aliphatic rings. The fourth-order valence-electron chi connectivity index (χ4n) is 2.64. The van der Waals surface area contributed by atoms with Gasteiger partial charge in [-0.2, -0.15) is 0 Å². The number of hydrogen-bond donors (Lipinski definition) is 1. The fourth-order valence-corrected chi connectivity index (χ4v) is 2.64. The molecule has 0 aromatic heterocycles. The average Bonchev–Trinajstić information content (AvgIpc) is 2.82. The number of aliphatic hydroxyl groups excluding tert-OH is 1. The van der Waals surface area contributed by atoms with Crippen molar-refractivity contribution in [3.8, 4) is 0 Å². The molecule has 1 aromatic rings. The highest BCUT2D eigenvalue weighted by Crippen LogP contribution is 2.28. The normalized spacial score (nSPS) is 27.4. The molecule has 0 radical (unpaired) electrons. The lowest BCUT2D eigenvalue weighted by Crippen LogP contribution is -2.28. The van der Waals surface area contributed by atoms with Crippen molar-refractivity contribution in [2.45, 2.75) is 57.2 Å². The SMILES string of the molecule is C=CC[C@@H]1O[C@@H]([C@@H](CC)OCc2ccccc2)C[C@H]1O. The Morgan fingerprint density at radius 3 is 2.85 bits per heavy atom. The Morgan fingerprint density at radius 2 is 2.20 bits per heavy atom. The summed E-state index contributed by atoms with van der Waals surface area (Å²) < 4.78 is 11.9. The van der Waals surface area contributed by atoms with E-state index in [1.807, 2.05) is 18.2 Å². The smallest absolute Gasteiger partial charge is 0.0874 e. The molecule has 3 nitrogen and oxygen atoms in total. The lowest BCUT2D eigenvalue weighted by molar-refractivity contribution is -0.0792. The van der Waals surface area contributed by atoms with Gasteiger partial charge in [0.2, 0.25) is 0 Å². The minimum absolute atomic E-state index is 0.0244. The Morgan fingerprint density at radius 1 is 1.45 bits per heavy atom. The predicted molar refractivity (Wildman–Crippen MR) is 79.4 cm³/mol. The maximum absolute atomic E-state index is 9.99. The highest BCUT2D eigenvalue weighted by atomic mass is 16.6. The first kappa shape index (κ1) is 15.2. The first-order chi connectivity index (χ1) is 9.74. The average molecular weight is 276 g/mol. The van der Waals surface area contributed by atoms with Gasteiger partial charge in [0, 0.05) is 6.42 Å². The van der Waals surface area contributed by atoms with Crippen LogP contribution in [0, 0.1) is 0 Å². The van der Waals surface area contributed by atoms with E-state index in [0.29, 0.717) is 19.4 Å². The molecule has 0 amide bonds. The lowest BCUT2D eigenvalue weighted by Gasteiger charge is -2.23. The van der Waals surface area contributed by atoms with Gasteiger partial charge in [-0.3, -0.25) is 0 Å². The van der Waals surface area contributed by atoms with E-state index in [0.717, 1.165) is 12.0 Å². The molecule has 0 bridgehead atoms. The van der Waals surface area contributed by atoms with Crippen molar-refractivity contribution in [3.05, 3.63) is 48.6 Å². The van der Waals surface area contributed by atoms with Crippen molar-refractivity contribution in [2.24, 2.45) is 0 Å².